The molecule has 0 saturated carbocycles. The lowest BCUT2D eigenvalue weighted by Gasteiger charge is -2.12. The molecular weight excluding hydrogens is 221 g/mol. The lowest BCUT2D eigenvalue weighted by Crippen LogP contribution is -2.29. The van der Waals surface area contributed by atoms with E-state index in [2.05, 4.69) is 4.98 Å². The lowest BCUT2D eigenvalue weighted by atomic mass is 10.5. The second kappa shape index (κ2) is 4.16. The molecule has 3 N–H and O–H groups in total. The number of aromatic nitrogens is 2. The van der Waals surface area contributed by atoms with Crippen LogP contribution in [-0.2, 0) is 9.47 Å². The highest BCUT2D eigenvalue weighted by Gasteiger charge is 2.28. The summed E-state index contributed by atoms with van der Waals surface area (Å²) < 4.78 is 24.1. The van der Waals surface area contributed by atoms with E-state index in [4.69, 9.17) is 20.3 Å². The topological polar surface area (TPSA) is 99.6 Å². The second-order valence-corrected chi connectivity index (χ2v) is 3.20. The fraction of sp³-hybridized carbons (Fsp3) is 0.500. The number of halogens is 1. The molecule has 1 saturated heterocycles. The number of hydrogen-bond donors (Lipinski definition) is 2. The number of nitrogen functional groups attached to an aromatic ring is 1. The molecule has 1 fully saturated rings. The van der Waals surface area contributed by atoms with Crippen molar-refractivity contribution in [2.45, 2.75) is 12.5 Å². The summed E-state index contributed by atoms with van der Waals surface area (Å²) in [6, 6.07) is 0. The molecule has 0 spiro atoms. The van der Waals surface area contributed by atoms with Crippen LogP contribution < -0.4 is 11.4 Å². The van der Waals surface area contributed by atoms with E-state index in [9.17, 15) is 9.18 Å². The average Bonchev–Trinajstić information content (AvgIpc) is 2.71. The Labute approximate surface area is 89.2 Å². The predicted octanol–water partition coefficient (Wildman–Crippen LogP) is -1.17. The fourth-order valence-electron chi connectivity index (χ4n) is 1.35. The quantitative estimate of drug-likeness (QED) is 0.665. The van der Waals surface area contributed by atoms with Crippen LogP contribution >= 0.6 is 0 Å². The van der Waals surface area contributed by atoms with Gasteiger partial charge in [-0.25, -0.2) is 9.18 Å². The molecule has 16 heavy (non-hydrogen) atoms. The average molecular weight is 231 g/mol. The monoisotopic (exact) mass is 231 g/mol. The van der Waals surface area contributed by atoms with E-state index in [1.54, 1.807) is 0 Å². The highest BCUT2D eigenvalue weighted by Crippen LogP contribution is 2.19. The van der Waals surface area contributed by atoms with Crippen LogP contribution in [0.2, 0.25) is 0 Å². The third kappa shape index (κ3) is 1.90. The Kier molecular flexibility index (Phi) is 2.86. The van der Waals surface area contributed by atoms with Gasteiger partial charge in [0, 0.05) is 0 Å². The zero-order chi connectivity index (χ0) is 11.7. The summed E-state index contributed by atoms with van der Waals surface area (Å²) in [7, 11) is 0. The predicted molar refractivity (Wildman–Crippen MR) is 49.8 cm³/mol. The van der Waals surface area contributed by atoms with Gasteiger partial charge in [0.15, 0.2) is 24.2 Å². The van der Waals surface area contributed by atoms with Crippen molar-refractivity contribution >= 4 is 5.82 Å². The van der Waals surface area contributed by atoms with Gasteiger partial charge in [-0.15, -0.1) is 0 Å². The molecule has 0 aliphatic carbocycles. The molecule has 8 heteroatoms. The smallest absolute Gasteiger partial charge is 0.351 e. The molecule has 1 aromatic rings. The third-order valence-corrected chi connectivity index (χ3v) is 2.13. The Morgan fingerprint density at radius 3 is 3.12 bits per heavy atom. The summed E-state index contributed by atoms with van der Waals surface area (Å²) in [5, 5.41) is 8.75. The molecule has 2 rings (SSSR count). The van der Waals surface area contributed by atoms with Gasteiger partial charge in [-0.2, -0.15) is 4.98 Å². The number of ether oxygens (including phenoxy) is 2. The standard InChI is InChI=1S/C8H10FN3O4/c9-4-1-12(8(14)11-7(4)10)5-3-15-6(2-13)16-5/h1,5-6,13H,2-3H2,(H2,10,11,14)/t5-,6+/m0/s1. The van der Waals surface area contributed by atoms with E-state index in [0.717, 1.165) is 10.8 Å². The largest absolute Gasteiger partial charge is 0.391 e. The first-order valence-electron chi connectivity index (χ1n) is 4.54. The van der Waals surface area contributed by atoms with Crippen molar-refractivity contribution in [2.75, 3.05) is 18.9 Å². The molecule has 0 bridgehead atoms. The van der Waals surface area contributed by atoms with E-state index in [0.29, 0.717) is 0 Å². The minimum Gasteiger partial charge on any atom is -0.391 e. The maximum absolute atomic E-state index is 13.1. The Bertz CT molecular complexity index is 449. The summed E-state index contributed by atoms with van der Waals surface area (Å²) in [5.41, 5.74) is 4.40. The number of hydrogen-bond acceptors (Lipinski definition) is 6. The van der Waals surface area contributed by atoms with Gasteiger partial charge < -0.3 is 20.3 Å². The van der Waals surface area contributed by atoms with E-state index >= 15 is 0 Å². The Morgan fingerprint density at radius 2 is 2.50 bits per heavy atom. The highest BCUT2D eigenvalue weighted by molar-refractivity contribution is 5.26. The summed E-state index contributed by atoms with van der Waals surface area (Å²) in [6.07, 6.45) is -0.705. The van der Waals surface area contributed by atoms with E-state index < -0.39 is 29.8 Å². The number of nitrogens with two attached hydrogens (primary N) is 1. The number of nitrogens with zero attached hydrogens (tertiary/aromatic N) is 2. The van der Waals surface area contributed by atoms with Crippen LogP contribution in [0.15, 0.2) is 11.0 Å². The normalized spacial score (nSPS) is 24.9. The Balaban J connectivity index is 2.28. The molecular formula is C8H10FN3O4. The summed E-state index contributed by atoms with van der Waals surface area (Å²) in [6.45, 7) is -0.299. The zero-order valence-corrected chi connectivity index (χ0v) is 8.17. The van der Waals surface area contributed by atoms with Gasteiger partial charge in [-0.05, 0) is 0 Å². The maximum Gasteiger partial charge on any atom is 0.351 e. The molecule has 88 valence electrons. The third-order valence-electron chi connectivity index (χ3n) is 2.13. The van der Waals surface area contributed by atoms with E-state index in [1.165, 1.54) is 0 Å². The summed E-state index contributed by atoms with van der Waals surface area (Å²) in [5.74, 6) is -1.27. The van der Waals surface area contributed by atoms with Gasteiger partial charge in [-0.1, -0.05) is 0 Å². The van der Waals surface area contributed by atoms with Gasteiger partial charge >= 0.3 is 5.69 Å². The molecule has 1 aliphatic heterocycles. The van der Waals surface area contributed by atoms with Crippen molar-refractivity contribution in [1.82, 2.24) is 9.55 Å². The second-order valence-electron chi connectivity index (χ2n) is 3.20. The molecule has 0 unspecified atom stereocenters. The highest BCUT2D eigenvalue weighted by atomic mass is 19.1. The molecule has 1 aromatic heterocycles. The van der Waals surface area contributed by atoms with Crippen LogP contribution in [0.3, 0.4) is 0 Å². The molecule has 7 nitrogen and oxygen atoms in total. The van der Waals surface area contributed by atoms with E-state index in [-0.39, 0.29) is 13.2 Å². The number of aliphatic hydroxyl groups is 1. The summed E-state index contributed by atoms with van der Waals surface area (Å²) in [4.78, 5) is 14.7. The van der Waals surface area contributed by atoms with Gasteiger partial charge in [0.2, 0.25) is 0 Å². The van der Waals surface area contributed by atoms with Crippen molar-refractivity contribution in [1.29, 1.82) is 0 Å². The van der Waals surface area contributed by atoms with Crippen molar-refractivity contribution in [3.8, 4) is 0 Å². The van der Waals surface area contributed by atoms with Crippen LogP contribution in [0.25, 0.3) is 0 Å². The van der Waals surface area contributed by atoms with Crippen molar-refractivity contribution in [3.05, 3.63) is 22.5 Å². The SMILES string of the molecule is Nc1nc(=O)n([C@@H]2CO[C@@H](CO)O2)cc1F. The molecule has 0 aromatic carbocycles. The number of anilines is 1. The van der Waals surface area contributed by atoms with Gasteiger partial charge in [0.25, 0.3) is 0 Å². The Morgan fingerprint density at radius 1 is 1.75 bits per heavy atom. The van der Waals surface area contributed by atoms with Crippen LogP contribution in [0, 0.1) is 5.82 Å². The van der Waals surface area contributed by atoms with Crippen molar-refractivity contribution in [3.63, 3.8) is 0 Å². The van der Waals surface area contributed by atoms with Crippen LogP contribution in [-0.4, -0.2) is 34.2 Å². The van der Waals surface area contributed by atoms with Crippen molar-refractivity contribution < 1.29 is 19.0 Å². The Hall–Kier alpha value is -1.51. The molecule has 1 aliphatic rings. The molecule has 2 atom stereocenters. The van der Waals surface area contributed by atoms with Gasteiger partial charge in [0.05, 0.1) is 19.4 Å². The lowest BCUT2D eigenvalue weighted by molar-refractivity contribution is -0.0993. The van der Waals surface area contributed by atoms with Crippen LogP contribution in [0.5, 0.6) is 0 Å². The van der Waals surface area contributed by atoms with Crippen LogP contribution in [0.1, 0.15) is 6.23 Å². The van der Waals surface area contributed by atoms with E-state index in [1.807, 2.05) is 0 Å². The molecule has 0 amide bonds. The van der Waals surface area contributed by atoms with Gasteiger partial charge in [-0.3, -0.25) is 4.57 Å². The number of rotatable bonds is 2. The zero-order valence-electron chi connectivity index (χ0n) is 8.17. The van der Waals surface area contributed by atoms with Crippen molar-refractivity contribution in [2.24, 2.45) is 0 Å². The minimum atomic E-state index is -0.810. The minimum absolute atomic E-state index is 0.0379. The maximum atomic E-state index is 13.1. The summed E-state index contributed by atoms with van der Waals surface area (Å²) >= 11 is 0. The fourth-order valence-corrected chi connectivity index (χ4v) is 1.35. The van der Waals surface area contributed by atoms with Crippen LogP contribution in [0.4, 0.5) is 10.2 Å². The van der Waals surface area contributed by atoms with Gasteiger partial charge in [0.1, 0.15) is 0 Å². The first kappa shape index (κ1) is 11.0. The number of aliphatic hydroxyl groups excluding tert-OH is 1. The molecule has 0 radical (unpaired) electrons. The first-order chi connectivity index (χ1) is 7.61. The molecule has 2 heterocycles. The first-order valence-corrected chi connectivity index (χ1v) is 4.54.